The van der Waals surface area contributed by atoms with E-state index in [2.05, 4.69) is 29.3 Å². The molecule has 0 bridgehead atoms. The maximum absolute atomic E-state index is 11.5. The third kappa shape index (κ3) is 5.56. The van der Waals surface area contributed by atoms with Crippen LogP contribution in [0.15, 0.2) is 40.4 Å². The Hall–Kier alpha value is -2.35. The van der Waals surface area contributed by atoms with E-state index in [0.29, 0.717) is 23.9 Å². The van der Waals surface area contributed by atoms with Crippen LogP contribution < -0.4 is 5.32 Å². The second kappa shape index (κ2) is 8.56. The molecule has 1 heterocycles. The average molecular weight is 392 g/mol. The van der Waals surface area contributed by atoms with E-state index in [4.69, 9.17) is 0 Å². The highest BCUT2D eigenvalue weighted by atomic mass is 32.2. The second-order valence-electron chi connectivity index (χ2n) is 7.04. The van der Waals surface area contributed by atoms with Crippen molar-refractivity contribution in [3.8, 4) is 0 Å². The van der Waals surface area contributed by atoms with E-state index >= 15 is 0 Å². The summed E-state index contributed by atoms with van der Waals surface area (Å²) in [5.41, 5.74) is 3.26. The monoisotopic (exact) mass is 391 g/mol. The van der Waals surface area contributed by atoms with Gasteiger partial charge in [0.1, 0.15) is 0 Å². The van der Waals surface area contributed by atoms with Gasteiger partial charge in [-0.15, -0.1) is 0 Å². The van der Waals surface area contributed by atoms with Gasteiger partial charge in [-0.1, -0.05) is 26.0 Å². The molecule has 7 nitrogen and oxygen atoms in total. The topological polar surface area (TPSA) is 79.6 Å². The predicted octanol–water partition coefficient (Wildman–Crippen LogP) is 2.15. The van der Waals surface area contributed by atoms with Crippen LogP contribution in [0, 0.1) is 0 Å². The molecule has 0 saturated carbocycles. The largest absolute Gasteiger partial charge is 0.352 e. The minimum atomic E-state index is -3.17. The number of aryl methyl sites for hydroxylation is 1. The van der Waals surface area contributed by atoms with Crippen LogP contribution in [0.2, 0.25) is 0 Å². The number of rotatable bonds is 6. The molecule has 1 aromatic carbocycles. The molecule has 0 amide bonds. The van der Waals surface area contributed by atoms with E-state index in [1.807, 2.05) is 42.0 Å². The Bertz CT molecular complexity index is 899. The van der Waals surface area contributed by atoms with Crippen molar-refractivity contribution in [2.24, 2.45) is 12.0 Å². The Morgan fingerprint density at radius 3 is 2.44 bits per heavy atom. The zero-order valence-corrected chi connectivity index (χ0v) is 17.7. The van der Waals surface area contributed by atoms with Crippen molar-refractivity contribution in [1.29, 1.82) is 0 Å². The van der Waals surface area contributed by atoms with Crippen molar-refractivity contribution < 1.29 is 8.42 Å². The summed E-state index contributed by atoms with van der Waals surface area (Å²) in [5.74, 6) is 1.12. The van der Waals surface area contributed by atoms with Crippen molar-refractivity contribution in [2.45, 2.75) is 37.8 Å². The summed E-state index contributed by atoms with van der Waals surface area (Å²) in [4.78, 5) is 6.72. The first-order valence-electron chi connectivity index (χ1n) is 8.85. The molecular weight excluding hydrogens is 362 g/mol. The minimum Gasteiger partial charge on any atom is -0.352 e. The maximum atomic E-state index is 11.5. The summed E-state index contributed by atoms with van der Waals surface area (Å²) in [6, 6.07) is 6.88. The molecule has 0 saturated heterocycles. The van der Waals surface area contributed by atoms with Crippen LogP contribution in [0.1, 0.15) is 36.6 Å². The molecule has 0 aliphatic heterocycles. The van der Waals surface area contributed by atoms with Gasteiger partial charge in [-0.2, -0.15) is 5.10 Å². The first kappa shape index (κ1) is 21.0. The molecule has 1 N–H and O–H groups in total. The highest BCUT2D eigenvalue weighted by Crippen LogP contribution is 2.18. The lowest BCUT2D eigenvalue weighted by Gasteiger charge is -2.22. The van der Waals surface area contributed by atoms with Gasteiger partial charge >= 0.3 is 0 Å². The number of aromatic nitrogens is 2. The van der Waals surface area contributed by atoms with E-state index in [1.165, 1.54) is 11.8 Å². The first-order chi connectivity index (χ1) is 12.6. The van der Waals surface area contributed by atoms with Gasteiger partial charge < -0.3 is 10.2 Å². The summed E-state index contributed by atoms with van der Waals surface area (Å²) < 4.78 is 24.9. The lowest BCUT2D eigenvalue weighted by molar-refractivity contribution is 0.473. The molecule has 0 aliphatic rings. The molecule has 0 radical (unpaired) electrons. The Balaban J connectivity index is 2.03. The average Bonchev–Trinajstić information content (AvgIpc) is 2.95. The summed E-state index contributed by atoms with van der Waals surface area (Å²) in [5, 5.41) is 7.87. The summed E-state index contributed by atoms with van der Waals surface area (Å²) in [7, 11) is 2.49. The smallest absolute Gasteiger partial charge is 0.193 e. The standard InChI is InChI=1S/C19H29N5O2S/c1-14(2)18-16(13-24(5)22-18)12-23(4)19(20-3)21-11-15-7-9-17(10-8-15)27(6,25)26/h7-10,13-14H,11-12H2,1-6H3,(H,20,21). The van der Waals surface area contributed by atoms with Crippen molar-refractivity contribution >= 4 is 15.8 Å². The fraction of sp³-hybridized carbons (Fsp3) is 0.474. The number of hydrogen-bond donors (Lipinski definition) is 1. The molecule has 8 heteroatoms. The highest BCUT2D eigenvalue weighted by molar-refractivity contribution is 7.90. The Labute approximate surface area is 162 Å². The fourth-order valence-corrected chi connectivity index (χ4v) is 3.54. The molecule has 1 aromatic heterocycles. The Morgan fingerprint density at radius 1 is 1.30 bits per heavy atom. The van der Waals surface area contributed by atoms with Gasteiger partial charge in [-0.25, -0.2) is 8.42 Å². The lowest BCUT2D eigenvalue weighted by Crippen LogP contribution is -2.38. The van der Waals surface area contributed by atoms with Crippen LogP contribution in [0.5, 0.6) is 0 Å². The second-order valence-corrected chi connectivity index (χ2v) is 9.06. The van der Waals surface area contributed by atoms with Crippen LogP contribution in [0.25, 0.3) is 0 Å². The fourth-order valence-electron chi connectivity index (χ4n) is 2.91. The number of benzene rings is 1. The molecule has 27 heavy (non-hydrogen) atoms. The van der Waals surface area contributed by atoms with E-state index in [1.54, 1.807) is 19.2 Å². The van der Waals surface area contributed by atoms with Crippen LogP contribution in [-0.4, -0.2) is 49.4 Å². The molecule has 148 valence electrons. The summed E-state index contributed by atoms with van der Waals surface area (Å²) in [6.07, 6.45) is 3.25. The quantitative estimate of drug-likeness (QED) is 0.603. The Kier molecular flexibility index (Phi) is 6.64. The highest BCUT2D eigenvalue weighted by Gasteiger charge is 2.15. The molecule has 0 atom stereocenters. The van der Waals surface area contributed by atoms with Crippen LogP contribution in [-0.2, 0) is 30.0 Å². The van der Waals surface area contributed by atoms with Crippen LogP contribution in [0.4, 0.5) is 0 Å². The number of nitrogens with zero attached hydrogens (tertiary/aromatic N) is 4. The van der Waals surface area contributed by atoms with E-state index in [9.17, 15) is 8.42 Å². The van der Waals surface area contributed by atoms with Crippen molar-refractivity contribution in [3.05, 3.63) is 47.3 Å². The number of aliphatic imine (C=N–C) groups is 1. The Morgan fingerprint density at radius 2 is 1.93 bits per heavy atom. The van der Waals surface area contributed by atoms with E-state index in [-0.39, 0.29) is 0 Å². The summed E-state index contributed by atoms with van der Waals surface area (Å²) in [6.45, 7) is 5.54. The van der Waals surface area contributed by atoms with Gasteiger partial charge in [0.05, 0.1) is 10.6 Å². The van der Waals surface area contributed by atoms with Crippen LogP contribution >= 0.6 is 0 Å². The zero-order valence-electron chi connectivity index (χ0n) is 16.9. The van der Waals surface area contributed by atoms with Crippen molar-refractivity contribution in [3.63, 3.8) is 0 Å². The number of nitrogens with one attached hydrogen (secondary N) is 1. The predicted molar refractivity (Wildman–Crippen MR) is 109 cm³/mol. The van der Waals surface area contributed by atoms with Gasteiger partial charge in [0, 0.05) is 52.2 Å². The molecule has 0 fully saturated rings. The van der Waals surface area contributed by atoms with Gasteiger partial charge in [0.25, 0.3) is 0 Å². The molecule has 0 aliphatic carbocycles. The van der Waals surface area contributed by atoms with E-state index < -0.39 is 9.84 Å². The minimum absolute atomic E-state index is 0.325. The van der Waals surface area contributed by atoms with Crippen molar-refractivity contribution in [2.75, 3.05) is 20.4 Å². The van der Waals surface area contributed by atoms with Gasteiger partial charge in [-0.05, 0) is 23.6 Å². The molecular formula is C19H29N5O2S. The number of guanidine groups is 1. The SMILES string of the molecule is CN=C(NCc1ccc(S(C)(=O)=O)cc1)N(C)Cc1cn(C)nc1C(C)C. The van der Waals surface area contributed by atoms with Gasteiger partial charge in [-0.3, -0.25) is 9.67 Å². The molecule has 2 aromatic rings. The third-order valence-corrected chi connectivity index (χ3v) is 5.40. The zero-order chi connectivity index (χ0) is 20.2. The van der Waals surface area contributed by atoms with Gasteiger partial charge in [0.15, 0.2) is 15.8 Å². The lowest BCUT2D eigenvalue weighted by atomic mass is 10.1. The number of hydrogen-bond acceptors (Lipinski definition) is 4. The molecule has 0 unspecified atom stereocenters. The van der Waals surface area contributed by atoms with Crippen molar-refractivity contribution in [1.82, 2.24) is 20.0 Å². The number of sulfone groups is 1. The van der Waals surface area contributed by atoms with Gasteiger partial charge in [0.2, 0.25) is 0 Å². The normalized spacial score (nSPS) is 12.5. The summed E-state index contributed by atoms with van der Waals surface area (Å²) >= 11 is 0. The first-order valence-corrected chi connectivity index (χ1v) is 10.7. The molecule has 0 spiro atoms. The van der Waals surface area contributed by atoms with E-state index in [0.717, 1.165) is 17.2 Å². The third-order valence-electron chi connectivity index (χ3n) is 4.27. The maximum Gasteiger partial charge on any atom is 0.193 e. The molecule has 2 rings (SSSR count). The van der Waals surface area contributed by atoms with Crippen LogP contribution in [0.3, 0.4) is 0 Å².